The molecule has 3 aromatic carbocycles. The molecule has 0 bridgehead atoms. The fourth-order valence-corrected chi connectivity index (χ4v) is 4.10. The SMILES string of the molecule is CC(=O)N(Nc1ccccc1C1c2cc(C#N)ccc2OC(C)(C)C1O)c1ccccc1. The molecule has 0 saturated carbocycles. The molecule has 2 N–H and O–H groups in total. The fraction of sp³-hybridized carbons (Fsp3) is 0.231. The van der Waals surface area contributed by atoms with Gasteiger partial charge in [-0.05, 0) is 55.8 Å². The van der Waals surface area contributed by atoms with Crippen LogP contribution in [0.3, 0.4) is 0 Å². The van der Waals surface area contributed by atoms with Crippen molar-refractivity contribution in [2.75, 3.05) is 10.4 Å². The van der Waals surface area contributed by atoms with Crippen molar-refractivity contribution in [2.24, 2.45) is 0 Å². The monoisotopic (exact) mass is 427 g/mol. The number of aliphatic hydroxyl groups is 1. The highest BCUT2D eigenvalue weighted by molar-refractivity contribution is 5.93. The van der Waals surface area contributed by atoms with E-state index in [0.717, 1.165) is 11.1 Å². The van der Waals surface area contributed by atoms with Crippen molar-refractivity contribution in [3.63, 3.8) is 0 Å². The van der Waals surface area contributed by atoms with Crippen LogP contribution >= 0.6 is 0 Å². The Morgan fingerprint density at radius 3 is 2.44 bits per heavy atom. The van der Waals surface area contributed by atoms with E-state index in [-0.39, 0.29) is 5.91 Å². The minimum Gasteiger partial charge on any atom is -0.485 e. The quantitative estimate of drug-likeness (QED) is 0.594. The van der Waals surface area contributed by atoms with Crippen LogP contribution in [0.1, 0.15) is 43.4 Å². The zero-order chi connectivity index (χ0) is 22.9. The summed E-state index contributed by atoms with van der Waals surface area (Å²) in [5, 5.41) is 22.2. The van der Waals surface area contributed by atoms with E-state index in [9.17, 15) is 15.2 Å². The minimum absolute atomic E-state index is 0.175. The van der Waals surface area contributed by atoms with Gasteiger partial charge in [0.2, 0.25) is 5.91 Å². The second-order valence-electron chi connectivity index (χ2n) is 8.38. The van der Waals surface area contributed by atoms with Gasteiger partial charge in [0.1, 0.15) is 17.5 Å². The highest BCUT2D eigenvalue weighted by Gasteiger charge is 2.44. The largest absolute Gasteiger partial charge is 0.485 e. The van der Waals surface area contributed by atoms with Crippen LogP contribution in [0.4, 0.5) is 11.4 Å². The van der Waals surface area contributed by atoms with Gasteiger partial charge in [-0.1, -0.05) is 36.4 Å². The summed E-state index contributed by atoms with van der Waals surface area (Å²) in [5.74, 6) is -0.00746. The van der Waals surface area contributed by atoms with Crippen LogP contribution in [0.2, 0.25) is 0 Å². The summed E-state index contributed by atoms with van der Waals surface area (Å²) < 4.78 is 6.07. The lowest BCUT2D eigenvalue weighted by molar-refractivity contribution is -0.116. The number of hydrogen-bond donors (Lipinski definition) is 2. The van der Waals surface area contributed by atoms with Crippen LogP contribution in [-0.2, 0) is 4.79 Å². The lowest BCUT2D eigenvalue weighted by atomic mass is 9.76. The summed E-state index contributed by atoms with van der Waals surface area (Å²) in [7, 11) is 0. The summed E-state index contributed by atoms with van der Waals surface area (Å²) in [6.07, 6.45) is -0.880. The van der Waals surface area contributed by atoms with Crippen LogP contribution in [0.25, 0.3) is 0 Å². The molecular weight excluding hydrogens is 402 g/mol. The summed E-state index contributed by atoms with van der Waals surface area (Å²) >= 11 is 0. The number of carbonyl (C=O) groups is 1. The van der Waals surface area contributed by atoms with Gasteiger partial charge in [0.15, 0.2) is 0 Å². The maximum Gasteiger partial charge on any atom is 0.242 e. The first-order valence-electron chi connectivity index (χ1n) is 10.4. The van der Waals surface area contributed by atoms with Crippen molar-refractivity contribution in [1.29, 1.82) is 5.26 Å². The van der Waals surface area contributed by atoms with Crippen molar-refractivity contribution in [3.8, 4) is 11.8 Å². The van der Waals surface area contributed by atoms with Crippen molar-refractivity contribution in [2.45, 2.75) is 38.4 Å². The number of ether oxygens (including phenoxy) is 1. The zero-order valence-electron chi connectivity index (χ0n) is 18.2. The van der Waals surface area contributed by atoms with Gasteiger partial charge in [-0.25, -0.2) is 5.01 Å². The van der Waals surface area contributed by atoms with Gasteiger partial charge in [-0.2, -0.15) is 5.26 Å². The minimum atomic E-state index is -0.880. The van der Waals surface area contributed by atoms with Crippen LogP contribution in [-0.4, -0.2) is 22.7 Å². The Kier molecular flexibility index (Phi) is 5.60. The average molecular weight is 428 g/mol. The molecule has 2 unspecified atom stereocenters. The molecule has 0 aromatic heterocycles. The number of carbonyl (C=O) groups excluding carboxylic acids is 1. The standard InChI is InChI=1S/C26H25N3O3/c1-17(30)29(19-9-5-4-6-10-19)28-22-12-8-7-11-20(22)24-21-15-18(16-27)13-14-23(21)32-26(2,3)25(24)31/h4-15,24-25,28,31H,1-3H3. The Morgan fingerprint density at radius 1 is 1.06 bits per heavy atom. The summed E-state index contributed by atoms with van der Waals surface area (Å²) in [4.78, 5) is 12.4. The van der Waals surface area contributed by atoms with E-state index in [4.69, 9.17) is 4.74 Å². The number of para-hydroxylation sites is 2. The maximum absolute atomic E-state index is 12.4. The molecule has 1 aliphatic heterocycles. The van der Waals surface area contributed by atoms with Gasteiger partial charge in [-0.3, -0.25) is 10.2 Å². The predicted molar refractivity (Wildman–Crippen MR) is 123 cm³/mol. The molecule has 0 fully saturated rings. The van der Waals surface area contributed by atoms with Gasteiger partial charge in [0, 0.05) is 18.4 Å². The van der Waals surface area contributed by atoms with E-state index in [0.29, 0.717) is 22.7 Å². The van der Waals surface area contributed by atoms with Crippen molar-refractivity contribution in [1.82, 2.24) is 0 Å². The van der Waals surface area contributed by atoms with Gasteiger partial charge in [0.05, 0.1) is 23.0 Å². The van der Waals surface area contributed by atoms with Gasteiger partial charge < -0.3 is 9.84 Å². The van der Waals surface area contributed by atoms with E-state index in [1.54, 1.807) is 18.2 Å². The third-order valence-electron chi connectivity index (χ3n) is 5.73. The number of nitrogens with zero attached hydrogens (tertiary/aromatic N) is 2. The number of hydrazine groups is 1. The number of amides is 1. The third-order valence-corrected chi connectivity index (χ3v) is 5.73. The second kappa shape index (κ2) is 8.37. The van der Waals surface area contributed by atoms with Crippen LogP contribution in [0, 0.1) is 11.3 Å². The smallest absolute Gasteiger partial charge is 0.242 e. The summed E-state index contributed by atoms with van der Waals surface area (Å²) in [6.45, 7) is 5.17. The normalized spacial score (nSPS) is 18.6. The van der Waals surface area contributed by atoms with Crippen LogP contribution in [0.15, 0.2) is 72.8 Å². The Labute approximate surface area is 187 Å². The molecule has 1 amide bonds. The Balaban J connectivity index is 1.83. The number of benzene rings is 3. The third kappa shape index (κ3) is 3.91. The lowest BCUT2D eigenvalue weighted by Gasteiger charge is -2.43. The molecule has 32 heavy (non-hydrogen) atoms. The first-order valence-corrected chi connectivity index (χ1v) is 10.4. The molecule has 3 aromatic rings. The van der Waals surface area contributed by atoms with Crippen LogP contribution in [0.5, 0.6) is 5.75 Å². The molecule has 2 atom stereocenters. The number of aliphatic hydroxyl groups excluding tert-OH is 1. The molecule has 1 aliphatic rings. The highest BCUT2D eigenvalue weighted by atomic mass is 16.5. The Bertz CT molecular complexity index is 1180. The molecule has 162 valence electrons. The molecule has 1 heterocycles. The number of rotatable bonds is 4. The summed E-state index contributed by atoms with van der Waals surface area (Å²) in [6, 6.07) is 24.3. The zero-order valence-corrected chi connectivity index (χ0v) is 18.2. The van der Waals surface area contributed by atoms with Gasteiger partial charge >= 0.3 is 0 Å². The lowest BCUT2D eigenvalue weighted by Crippen LogP contribution is -2.49. The Morgan fingerprint density at radius 2 is 1.75 bits per heavy atom. The fourth-order valence-electron chi connectivity index (χ4n) is 4.10. The second-order valence-corrected chi connectivity index (χ2v) is 8.38. The van der Waals surface area contributed by atoms with Gasteiger partial charge in [0.25, 0.3) is 0 Å². The van der Waals surface area contributed by atoms with E-state index >= 15 is 0 Å². The summed E-state index contributed by atoms with van der Waals surface area (Å²) in [5.41, 5.74) is 5.80. The van der Waals surface area contributed by atoms with Gasteiger partial charge in [-0.15, -0.1) is 0 Å². The molecule has 0 radical (unpaired) electrons. The Hall–Kier alpha value is -3.82. The van der Waals surface area contributed by atoms with E-state index in [1.807, 2.05) is 68.4 Å². The van der Waals surface area contributed by atoms with E-state index < -0.39 is 17.6 Å². The first kappa shape index (κ1) is 21.4. The molecule has 0 spiro atoms. The van der Waals surface area contributed by atoms with Crippen molar-refractivity contribution < 1.29 is 14.6 Å². The average Bonchev–Trinajstić information content (AvgIpc) is 2.79. The van der Waals surface area contributed by atoms with E-state index in [2.05, 4.69) is 11.5 Å². The molecule has 6 heteroatoms. The number of fused-ring (bicyclic) bond motifs is 1. The molecule has 6 nitrogen and oxygen atoms in total. The number of nitrogens with one attached hydrogen (secondary N) is 1. The number of nitriles is 1. The topological polar surface area (TPSA) is 85.6 Å². The predicted octanol–water partition coefficient (Wildman–Crippen LogP) is 4.60. The highest BCUT2D eigenvalue weighted by Crippen LogP contribution is 2.46. The van der Waals surface area contributed by atoms with E-state index in [1.165, 1.54) is 11.9 Å². The first-order chi connectivity index (χ1) is 15.3. The number of hydrogen-bond acceptors (Lipinski definition) is 5. The van der Waals surface area contributed by atoms with Crippen LogP contribution < -0.4 is 15.2 Å². The maximum atomic E-state index is 12.4. The van der Waals surface area contributed by atoms with Crippen molar-refractivity contribution in [3.05, 3.63) is 89.5 Å². The molecule has 4 rings (SSSR count). The molecule has 0 saturated heterocycles. The molecule has 0 aliphatic carbocycles. The van der Waals surface area contributed by atoms with Crippen molar-refractivity contribution >= 4 is 17.3 Å². The number of anilines is 2. The molecular formula is C26H25N3O3.